The van der Waals surface area contributed by atoms with E-state index >= 15 is 0 Å². The number of ether oxygens (including phenoxy) is 2. The van der Waals surface area contributed by atoms with Gasteiger partial charge in [-0.15, -0.1) is 0 Å². The fourth-order valence-electron chi connectivity index (χ4n) is 3.16. The van der Waals surface area contributed by atoms with Crippen molar-refractivity contribution in [3.63, 3.8) is 0 Å². The molecule has 1 aromatic rings. The van der Waals surface area contributed by atoms with Crippen LogP contribution in [0.3, 0.4) is 0 Å². The molecule has 0 radical (unpaired) electrons. The number of benzene rings is 1. The van der Waals surface area contributed by atoms with E-state index < -0.39 is 0 Å². The summed E-state index contributed by atoms with van der Waals surface area (Å²) in [4.78, 5) is 12.2. The largest absolute Gasteiger partial charge is 0.493 e. The highest BCUT2D eigenvalue weighted by molar-refractivity contribution is 6.32. The molecule has 26 heavy (non-hydrogen) atoms. The highest BCUT2D eigenvalue weighted by atomic mass is 35.5. The first kappa shape index (κ1) is 20.6. The van der Waals surface area contributed by atoms with E-state index in [4.69, 9.17) is 21.1 Å². The van der Waals surface area contributed by atoms with Crippen LogP contribution in [0.5, 0.6) is 11.5 Å². The van der Waals surface area contributed by atoms with E-state index in [-0.39, 0.29) is 11.9 Å². The van der Waals surface area contributed by atoms with Crippen LogP contribution in [0.4, 0.5) is 0 Å². The molecule has 1 saturated carbocycles. The van der Waals surface area contributed by atoms with Crippen LogP contribution >= 0.6 is 11.6 Å². The van der Waals surface area contributed by atoms with E-state index in [9.17, 15) is 4.79 Å². The van der Waals surface area contributed by atoms with Gasteiger partial charge in [-0.3, -0.25) is 4.79 Å². The van der Waals surface area contributed by atoms with E-state index in [1.54, 1.807) is 25.3 Å². The Labute approximate surface area is 161 Å². The van der Waals surface area contributed by atoms with Crippen LogP contribution in [0.25, 0.3) is 6.08 Å². The summed E-state index contributed by atoms with van der Waals surface area (Å²) in [6.07, 6.45) is 7.99. The smallest absolute Gasteiger partial charge is 0.244 e. The Balaban J connectivity index is 2.04. The van der Waals surface area contributed by atoms with Crippen LogP contribution in [0.2, 0.25) is 5.02 Å². The van der Waals surface area contributed by atoms with Crippen LogP contribution in [-0.4, -0.2) is 25.7 Å². The zero-order valence-electron chi connectivity index (χ0n) is 16.2. The van der Waals surface area contributed by atoms with Crippen molar-refractivity contribution in [3.8, 4) is 11.5 Å². The van der Waals surface area contributed by atoms with Crippen molar-refractivity contribution < 1.29 is 14.3 Å². The maximum Gasteiger partial charge on any atom is 0.244 e. The molecule has 0 saturated heterocycles. The molecular formula is C21H30ClNO3. The minimum Gasteiger partial charge on any atom is -0.493 e. The van der Waals surface area contributed by atoms with Crippen LogP contribution in [0.1, 0.15) is 52.0 Å². The van der Waals surface area contributed by atoms with Crippen molar-refractivity contribution in [2.24, 2.45) is 11.8 Å². The zero-order valence-corrected chi connectivity index (χ0v) is 16.9. The number of rotatable bonds is 7. The number of carbonyl (C=O) groups excluding carboxylic acids is 1. The Hall–Kier alpha value is -1.68. The van der Waals surface area contributed by atoms with Gasteiger partial charge in [0.2, 0.25) is 5.91 Å². The highest BCUT2D eigenvalue weighted by Gasteiger charge is 2.22. The molecule has 1 aliphatic carbocycles. The second kappa shape index (κ2) is 9.86. The average Bonchev–Trinajstić information content (AvgIpc) is 2.60. The van der Waals surface area contributed by atoms with Gasteiger partial charge in [0.25, 0.3) is 0 Å². The summed E-state index contributed by atoms with van der Waals surface area (Å²) in [5, 5.41) is 3.59. The van der Waals surface area contributed by atoms with Crippen molar-refractivity contribution in [1.29, 1.82) is 0 Å². The number of methoxy groups -OCH3 is 1. The second-order valence-electron chi connectivity index (χ2n) is 7.45. The number of halogens is 1. The topological polar surface area (TPSA) is 47.6 Å². The predicted octanol–water partition coefficient (Wildman–Crippen LogP) is 5.09. The normalized spacial score (nSPS) is 20.4. The molecule has 1 aromatic carbocycles. The Morgan fingerprint density at radius 3 is 2.73 bits per heavy atom. The van der Waals surface area contributed by atoms with Gasteiger partial charge in [-0.05, 0) is 48.4 Å². The Morgan fingerprint density at radius 1 is 1.35 bits per heavy atom. The molecule has 0 aliphatic heterocycles. The molecule has 1 aliphatic rings. The SMILES string of the molecule is COc1cc(/C=C/C(=O)N[C@@H]2CCCC[C@H]2C)cc(Cl)c1OCC(C)C. The van der Waals surface area contributed by atoms with Crippen molar-refractivity contribution in [1.82, 2.24) is 5.32 Å². The maximum absolute atomic E-state index is 12.2. The van der Waals surface area contributed by atoms with Gasteiger partial charge in [0.1, 0.15) is 0 Å². The molecule has 1 N–H and O–H groups in total. The van der Waals surface area contributed by atoms with Crippen LogP contribution in [0, 0.1) is 11.8 Å². The lowest BCUT2D eigenvalue weighted by Crippen LogP contribution is -2.40. The third kappa shape index (κ3) is 5.94. The summed E-state index contributed by atoms with van der Waals surface area (Å²) >= 11 is 6.35. The van der Waals surface area contributed by atoms with Crippen molar-refractivity contribution in [2.45, 2.75) is 52.5 Å². The lowest BCUT2D eigenvalue weighted by molar-refractivity contribution is -0.117. The fourth-order valence-corrected chi connectivity index (χ4v) is 3.43. The van der Waals surface area contributed by atoms with Crippen molar-refractivity contribution >= 4 is 23.6 Å². The highest BCUT2D eigenvalue weighted by Crippen LogP contribution is 2.37. The lowest BCUT2D eigenvalue weighted by Gasteiger charge is -2.29. The predicted molar refractivity (Wildman–Crippen MR) is 107 cm³/mol. The van der Waals surface area contributed by atoms with Crippen LogP contribution < -0.4 is 14.8 Å². The average molecular weight is 380 g/mol. The van der Waals surface area contributed by atoms with E-state index in [2.05, 4.69) is 26.1 Å². The molecule has 0 unspecified atom stereocenters. The van der Waals surface area contributed by atoms with Crippen molar-refractivity contribution in [2.75, 3.05) is 13.7 Å². The number of amides is 1. The molecular weight excluding hydrogens is 350 g/mol. The third-order valence-electron chi connectivity index (χ3n) is 4.68. The first-order valence-corrected chi connectivity index (χ1v) is 9.77. The summed E-state index contributed by atoms with van der Waals surface area (Å²) in [6, 6.07) is 3.88. The zero-order chi connectivity index (χ0) is 19.1. The summed E-state index contributed by atoms with van der Waals surface area (Å²) in [5.41, 5.74) is 0.801. The first-order valence-electron chi connectivity index (χ1n) is 9.39. The van der Waals surface area contributed by atoms with E-state index in [1.165, 1.54) is 19.3 Å². The lowest BCUT2D eigenvalue weighted by atomic mass is 9.86. The summed E-state index contributed by atoms with van der Waals surface area (Å²) < 4.78 is 11.2. The molecule has 0 aromatic heterocycles. The van der Waals surface area contributed by atoms with Gasteiger partial charge < -0.3 is 14.8 Å². The van der Waals surface area contributed by atoms with Gasteiger partial charge in [-0.2, -0.15) is 0 Å². The molecule has 0 spiro atoms. The van der Waals surface area contributed by atoms with Crippen molar-refractivity contribution in [3.05, 3.63) is 28.8 Å². The summed E-state index contributed by atoms with van der Waals surface area (Å²) in [7, 11) is 1.58. The monoisotopic (exact) mass is 379 g/mol. The molecule has 4 nitrogen and oxygen atoms in total. The molecule has 144 valence electrons. The third-order valence-corrected chi connectivity index (χ3v) is 4.96. The maximum atomic E-state index is 12.2. The Bertz CT molecular complexity index is 642. The molecule has 0 heterocycles. The quantitative estimate of drug-likeness (QED) is 0.671. The molecule has 1 fully saturated rings. The second-order valence-corrected chi connectivity index (χ2v) is 7.86. The van der Waals surface area contributed by atoms with Gasteiger partial charge >= 0.3 is 0 Å². The standard InChI is InChI=1S/C21H30ClNO3/c1-14(2)13-26-21-17(22)11-16(12-19(21)25-4)9-10-20(24)23-18-8-6-5-7-15(18)3/h9-12,14-15,18H,5-8,13H2,1-4H3,(H,23,24)/b10-9+/t15-,18-/m1/s1. The summed E-state index contributed by atoms with van der Waals surface area (Å²) in [5.74, 6) is 1.97. The molecule has 0 bridgehead atoms. The van der Waals surface area contributed by atoms with E-state index in [0.717, 1.165) is 12.0 Å². The molecule has 2 atom stereocenters. The summed E-state index contributed by atoms with van der Waals surface area (Å²) in [6.45, 7) is 6.91. The van der Waals surface area contributed by atoms with Gasteiger partial charge in [-0.1, -0.05) is 45.2 Å². The minimum absolute atomic E-state index is 0.0704. The number of carbonyl (C=O) groups is 1. The van der Waals surface area contributed by atoms with Crippen LogP contribution in [-0.2, 0) is 4.79 Å². The van der Waals surface area contributed by atoms with Gasteiger partial charge in [-0.25, -0.2) is 0 Å². The minimum atomic E-state index is -0.0704. The molecule has 5 heteroatoms. The number of hydrogen-bond donors (Lipinski definition) is 1. The fraction of sp³-hybridized carbons (Fsp3) is 0.571. The van der Waals surface area contributed by atoms with E-state index in [0.29, 0.717) is 35.0 Å². The van der Waals surface area contributed by atoms with Crippen LogP contribution in [0.15, 0.2) is 18.2 Å². The molecule has 1 amide bonds. The van der Waals surface area contributed by atoms with Gasteiger partial charge in [0.15, 0.2) is 11.5 Å². The van der Waals surface area contributed by atoms with Gasteiger partial charge in [0, 0.05) is 12.1 Å². The van der Waals surface area contributed by atoms with Gasteiger partial charge in [0.05, 0.1) is 18.7 Å². The van der Waals surface area contributed by atoms with E-state index in [1.807, 2.05) is 6.07 Å². The Kier molecular flexibility index (Phi) is 7.83. The number of nitrogens with one attached hydrogen (secondary N) is 1. The molecule has 2 rings (SSSR count). The Morgan fingerprint density at radius 2 is 2.08 bits per heavy atom. The first-order chi connectivity index (χ1) is 12.4. The number of hydrogen-bond acceptors (Lipinski definition) is 3.